The molecule has 0 atom stereocenters. The molecule has 0 saturated heterocycles. The van der Waals surface area contributed by atoms with Crippen LogP contribution in [0.3, 0.4) is 0 Å². The zero-order valence-electron chi connectivity index (χ0n) is 9.17. The molecular formula is C13H15BrN2. The predicted octanol–water partition coefficient (Wildman–Crippen LogP) is 3.23. The Labute approximate surface area is 105 Å². The van der Waals surface area contributed by atoms with E-state index in [2.05, 4.69) is 39.4 Å². The summed E-state index contributed by atoms with van der Waals surface area (Å²) in [5.74, 6) is 0. The third-order valence-electron chi connectivity index (χ3n) is 3.13. The zero-order chi connectivity index (χ0) is 11.4. The van der Waals surface area contributed by atoms with Gasteiger partial charge >= 0.3 is 0 Å². The van der Waals surface area contributed by atoms with E-state index in [0.29, 0.717) is 11.8 Å². The van der Waals surface area contributed by atoms with Gasteiger partial charge in [-0.05, 0) is 36.0 Å². The largest absolute Gasteiger partial charge is 0.312 e. The maximum atomic E-state index is 8.71. The number of halogens is 1. The highest BCUT2D eigenvalue weighted by Crippen LogP contribution is 2.47. The van der Waals surface area contributed by atoms with Crippen molar-refractivity contribution in [3.05, 3.63) is 34.3 Å². The molecule has 1 fully saturated rings. The van der Waals surface area contributed by atoms with Crippen molar-refractivity contribution in [3.8, 4) is 6.07 Å². The van der Waals surface area contributed by atoms with Crippen LogP contribution in [-0.4, -0.2) is 6.54 Å². The number of rotatable bonds is 5. The smallest absolute Gasteiger partial charge is 0.0628 e. The van der Waals surface area contributed by atoms with E-state index in [1.165, 1.54) is 18.4 Å². The van der Waals surface area contributed by atoms with Crippen LogP contribution < -0.4 is 5.32 Å². The first-order valence-corrected chi connectivity index (χ1v) is 6.36. The molecule has 1 aromatic carbocycles. The van der Waals surface area contributed by atoms with Gasteiger partial charge in [0.25, 0.3) is 0 Å². The van der Waals surface area contributed by atoms with Crippen molar-refractivity contribution >= 4 is 15.9 Å². The molecule has 0 aromatic heterocycles. The third kappa shape index (κ3) is 3.07. The Bertz CT molecular complexity index is 405. The van der Waals surface area contributed by atoms with E-state index in [0.717, 1.165) is 17.6 Å². The van der Waals surface area contributed by atoms with Crippen molar-refractivity contribution < 1.29 is 0 Å². The molecule has 1 aliphatic carbocycles. The van der Waals surface area contributed by atoms with Crippen LogP contribution in [0.2, 0.25) is 0 Å². The summed E-state index contributed by atoms with van der Waals surface area (Å²) in [6.45, 7) is 1.85. The Hall–Kier alpha value is -0.850. The van der Waals surface area contributed by atoms with Crippen LogP contribution in [0.1, 0.15) is 24.8 Å². The second kappa shape index (κ2) is 4.99. The molecule has 0 aliphatic heterocycles. The molecule has 0 amide bonds. The normalized spacial score (nSPS) is 16.8. The van der Waals surface area contributed by atoms with E-state index in [9.17, 15) is 0 Å². The molecule has 2 rings (SSSR count). The first-order valence-electron chi connectivity index (χ1n) is 5.56. The Kier molecular flexibility index (Phi) is 3.63. The van der Waals surface area contributed by atoms with Gasteiger partial charge in [-0.1, -0.05) is 28.1 Å². The lowest BCUT2D eigenvalue weighted by Crippen LogP contribution is -2.23. The van der Waals surface area contributed by atoms with E-state index < -0.39 is 0 Å². The van der Waals surface area contributed by atoms with E-state index >= 15 is 0 Å². The molecule has 1 aliphatic rings. The molecular weight excluding hydrogens is 264 g/mol. The fourth-order valence-electron chi connectivity index (χ4n) is 1.88. The average molecular weight is 279 g/mol. The van der Waals surface area contributed by atoms with Gasteiger partial charge in [0.05, 0.1) is 6.07 Å². The number of nitriles is 1. The van der Waals surface area contributed by atoms with Crippen LogP contribution in [0, 0.1) is 16.7 Å². The molecule has 3 heteroatoms. The highest BCUT2D eigenvalue weighted by Gasteiger charge is 2.41. The maximum Gasteiger partial charge on any atom is 0.0628 e. The molecule has 0 radical (unpaired) electrons. The predicted molar refractivity (Wildman–Crippen MR) is 67.7 cm³/mol. The molecule has 16 heavy (non-hydrogen) atoms. The molecule has 1 aromatic rings. The molecule has 1 saturated carbocycles. The molecule has 1 N–H and O–H groups in total. The molecule has 0 bridgehead atoms. The molecule has 2 nitrogen and oxygen atoms in total. The van der Waals surface area contributed by atoms with Gasteiger partial charge in [-0.3, -0.25) is 0 Å². The Morgan fingerprint density at radius 2 is 2.25 bits per heavy atom. The topological polar surface area (TPSA) is 35.8 Å². The highest BCUT2D eigenvalue weighted by atomic mass is 79.9. The molecule has 0 unspecified atom stereocenters. The summed E-state index contributed by atoms with van der Waals surface area (Å²) in [4.78, 5) is 0. The fraction of sp³-hybridized carbons (Fsp3) is 0.462. The molecule has 0 spiro atoms. The van der Waals surface area contributed by atoms with E-state index in [1.54, 1.807) is 0 Å². The maximum absolute atomic E-state index is 8.71. The standard InChI is InChI=1S/C13H15BrN2/c14-12-3-1-2-11(8-12)9-16-10-13(4-5-13)6-7-15/h1-3,8,16H,4-6,9-10H2. The van der Waals surface area contributed by atoms with Crippen molar-refractivity contribution in [2.45, 2.75) is 25.8 Å². The first-order chi connectivity index (χ1) is 7.74. The van der Waals surface area contributed by atoms with Crippen LogP contribution >= 0.6 is 15.9 Å². The zero-order valence-corrected chi connectivity index (χ0v) is 10.8. The summed E-state index contributed by atoms with van der Waals surface area (Å²) in [5.41, 5.74) is 1.57. The summed E-state index contributed by atoms with van der Waals surface area (Å²) in [7, 11) is 0. The van der Waals surface area contributed by atoms with Crippen LogP contribution in [0.15, 0.2) is 28.7 Å². The minimum Gasteiger partial charge on any atom is -0.312 e. The Balaban J connectivity index is 1.78. The van der Waals surface area contributed by atoms with Gasteiger partial charge < -0.3 is 5.32 Å². The van der Waals surface area contributed by atoms with Gasteiger partial charge in [0.15, 0.2) is 0 Å². The highest BCUT2D eigenvalue weighted by molar-refractivity contribution is 9.10. The van der Waals surface area contributed by atoms with Crippen LogP contribution in [0.25, 0.3) is 0 Å². The summed E-state index contributed by atoms with van der Waals surface area (Å²) in [6.07, 6.45) is 3.09. The molecule has 0 heterocycles. The monoisotopic (exact) mass is 278 g/mol. The quantitative estimate of drug-likeness (QED) is 0.898. The molecule has 84 valence electrons. The summed E-state index contributed by atoms with van der Waals surface area (Å²) < 4.78 is 1.12. The lowest BCUT2D eigenvalue weighted by molar-refractivity contribution is 0.466. The van der Waals surface area contributed by atoms with E-state index in [-0.39, 0.29) is 0 Å². The van der Waals surface area contributed by atoms with Crippen molar-refractivity contribution in [1.82, 2.24) is 5.32 Å². The van der Waals surface area contributed by atoms with Crippen molar-refractivity contribution in [3.63, 3.8) is 0 Å². The minimum atomic E-state index is 0.292. The Morgan fingerprint density at radius 1 is 1.44 bits per heavy atom. The third-order valence-corrected chi connectivity index (χ3v) is 3.62. The van der Waals surface area contributed by atoms with E-state index in [4.69, 9.17) is 5.26 Å². The fourth-order valence-corrected chi connectivity index (χ4v) is 2.33. The minimum absolute atomic E-state index is 0.292. The number of nitrogens with one attached hydrogen (secondary N) is 1. The van der Waals surface area contributed by atoms with Gasteiger partial charge in [0.1, 0.15) is 0 Å². The van der Waals surface area contributed by atoms with Crippen LogP contribution in [-0.2, 0) is 6.54 Å². The second-order valence-corrected chi connectivity index (χ2v) is 5.48. The van der Waals surface area contributed by atoms with Crippen molar-refractivity contribution in [1.29, 1.82) is 5.26 Å². The summed E-state index contributed by atoms with van der Waals surface area (Å²) in [5, 5.41) is 12.2. The van der Waals surface area contributed by atoms with Gasteiger partial charge in [0.2, 0.25) is 0 Å². The average Bonchev–Trinajstić information content (AvgIpc) is 2.99. The van der Waals surface area contributed by atoms with Crippen LogP contribution in [0.5, 0.6) is 0 Å². The van der Waals surface area contributed by atoms with E-state index in [1.807, 2.05) is 12.1 Å². The Morgan fingerprint density at radius 3 is 2.88 bits per heavy atom. The van der Waals surface area contributed by atoms with Gasteiger partial charge in [-0.15, -0.1) is 0 Å². The second-order valence-electron chi connectivity index (χ2n) is 4.57. The lowest BCUT2D eigenvalue weighted by atomic mass is 10.0. The van der Waals surface area contributed by atoms with Crippen molar-refractivity contribution in [2.75, 3.05) is 6.54 Å². The number of benzene rings is 1. The van der Waals surface area contributed by atoms with Gasteiger partial charge in [-0.25, -0.2) is 0 Å². The number of hydrogen-bond donors (Lipinski definition) is 1. The SMILES string of the molecule is N#CCC1(CNCc2cccc(Br)c2)CC1. The first kappa shape index (κ1) is 11.6. The van der Waals surface area contributed by atoms with Gasteiger partial charge in [-0.2, -0.15) is 5.26 Å². The lowest BCUT2D eigenvalue weighted by Gasteiger charge is -2.12. The van der Waals surface area contributed by atoms with Crippen LogP contribution in [0.4, 0.5) is 0 Å². The van der Waals surface area contributed by atoms with Crippen molar-refractivity contribution in [2.24, 2.45) is 5.41 Å². The number of hydrogen-bond acceptors (Lipinski definition) is 2. The number of nitrogens with zero attached hydrogens (tertiary/aromatic N) is 1. The van der Waals surface area contributed by atoms with Gasteiger partial charge in [0, 0.05) is 24.0 Å². The summed E-state index contributed by atoms with van der Waals surface area (Å²) in [6, 6.07) is 10.6. The summed E-state index contributed by atoms with van der Waals surface area (Å²) >= 11 is 3.46.